The standard InChI is InChI=1S/C20H23ClN2O2/c1-4-22(5-2)20(24)19-18(14-6-8-15(21)9-7-14)23(19)16-10-12-17(25-3)13-11-16/h6-13,18-19H,4-5H2,1-3H3/t18-,19+,23?/m0/s1. The number of ether oxygens (including phenoxy) is 1. The highest BCUT2D eigenvalue weighted by Gasteiger charge is 2.54. The first kappa shape index (κ1) is 17.6. The van der Waals surface area contributed by atoms with Crippen LogP contribution >= 0.6 is 11.6 Å². The van der Waals surface area contributed by atoms with Crippen LogP contribution in [0.1, 0.15) is 25.5 Å². The van der Waals surface area contributed by atoms with Gasteiger partial charge in [-0.05, 0) is 55.8 Å². The summed E-state index contributed by atoms with van der Waals surface area (Å²) in [5.41, 5.74) is 2.12. The van der Waals surface area contributed by atoms with Crippen LogP contribution in [0.3, 0.4) is 0 Å². The minimum atomic E-state index is -0.172. The molecule has 3 rings (SSSR count). The van der Waals surface area contributed by atoms with E-state index >= 15 is 0 Å². The molecule has 1 aliphatic heterocycles. The lowest BCUT2D eigenvalue weighted by Crippen LogP contribution is -2.35. The fourth-order valence-corrected chi connectivity index (χ4v) is 3.41. The van der Waals surface area contributed by atoms with E-state index in [0.717, 1.165) is 30.1 Å². The van der Waals surface area contributed by atoms with Crippen LogP contribution in [-0.4, -0.2) is 37.0 Å². The number of anilines is 1. The van der Waals surface area contributed by atoms with Crippen molar-refractivity contribution in [2.45, 2.75) is 25.9 Å². The van der Waals surface area contributed by atoms with Crippen molar-refractivity contribution < 1.29 is 9.53 Å². The van der Waals surface area contributed by atoms with Gasteiger partial charge in [-0.1, -0.05) is 23.7 Å². The van der Waals surface area contributed by atoms with Crippen molar-refractivity contribution in [2.75, 3.05) is 25.1 Å². The molecule has 25 heavy (non-hydrogen) atoms. The van der Waals surface area contributed by atoms with Crippen LogP contribution in [0.15, 0.2) is 48.5 Å². The van der Waals surface area contributed by atoms with Crippen molar-refractivity contribution in [1.82, 2.24) is 4.90 Å². The van der Waals surface area contributed by atoms with Gasteiger partial charge in [0.05, 0.1) is 13.2 Å². The molecule has 0 spiro atoms. The molecule has 1 aliphatic rings. The summed E-state index contributed by atoms with van der Waals surface area (Å²) in [6.07, 6.45) is 0. The Hall–Kier alpha value is -2.20. The number of hydrogen-bond acceptors (Lipinski definition) is 3. The predicted molar refractivity (Wildman–Crippen MR) is 101 cm³/mol. The number of benzene rings is 2. The van der Waals surface area contributed by atoms with Crippen LogP contribution in [0.25, 0.3) is 0 Å². The molecule has 1 amide bonds. The molecule has 132 valence electrons. The monoisotopic (exact) mass is 358 g/mol. The summed E-state index contributed by atoms with van der Waals surface area (Å²) in [5.74, 6) is 0.973. The third kappa shape index (κ3) is 3.45. The zero-order valence-corrected chi connectivity index (χ0v) is 15.5. The summed E-state index contributed by atoms with van der Waals surface area (Å²) in [4.78, 5) is 17.0. The van der Waals surface area contributed by atoms with Gasteiger partial charge >= 0.3 is 0 Å². The van der Waals surface area contributed by atoms with E-state index in [0.29, 0.717) is 5.02 Å². The van der Waals surface area contributed by atoms with E-state index in [9.17, 15) is 4.79 Å². The van der Waals surface area contributed by atoms with Gasteiger partial charge in [-0.15, -0.1) is 0 Å². The van der Waals surface area contributed by atoms with Crippen molar-refractivity contribution in [3.05, 3.63) is 59.1 Å². The Kier molecular flexibility index (Phi) is 5.19. The highest BCUT2D eigenvalue weighted by Crippen LogP contribution is 2.48. The lowest BCUT2D eigenvalue weighted by Gasteiger charge is -2.18. The maximum atomic E-state index is 13.0. The molecule has 1 saturated heterocycles. The Morgan fingerprint density at radius 3 is 2.20 bits per heavy atom. The van der Waals surface area contributed by atoms with Crippen molar-refractivity contribution in [2.24, 2.45) is 0 Å². The number of amides is 1. The first-order chi connectivity index (χ1) is 12.1. The average molecular weight is 359 g/mol. The number of likely N-dealkylation sites (N-methyl/N-ethyl adjacent to an activating group) is 1. The van der Waals surface area contributed by atoms with Crippen molar-refractivity contribution >= 4 is 23.2 Å². The molecule has 0 aromatic heterocycles. The summed E-state index contributed by atoms with van der Waals surface area (Å²) in [5, 5.41) is 0.701. The van der Waals surface area contributed by atoms with Crippen LogP contribution < -0.4 is 9.64 Å². The maximum absolute atomic E-state index is 13.0. The van der Waals surface area contributed by atoms with Gasteiger partial charge < -0.3 is 14.5 Å². The molecule has 2 aromatic carbocycles. The van der Waals surface area contributed by atoms with Crippen LogP contribution in [0.5, 0.6) is 5.75 Å². The van der Waals surface area contributed by atoms with Gasteiger partial charge in [-0.3, -0.25) is 4.79 Å². The largest absolute Gasteiger partial charge is 0.497 e. The van der Waals surface area contributed by atoms with Crippen LogP contribution in [0.4, 0.5) is 5.69 Å². The van der Waals surface area contributed by atoms with Crippen molar-refractivity contribution in [3.8, 4) is 5.75 Å². The quantitative estimate of drug-likeness (QED) is 0.727. The second-order valence-electron chi connectivity index (χ2n) is 6.06. The third-order valence-electron chi connectivity index (χ3n) is 4.72. The molecular weight excluding hydrogens is 336 g/mol. The lowest BCUT2D eigenvalue weighted by atomic mass is 10.1. The number of methoxy groups -OCH3 is 1. The first-order valence-electron chi connectivity index (χ1n) is 8.57. The van der Waals surface area contributed by atoms with Gasteiger partial charge in [-0.25, -0.2) is 0 Å². The predicted octanol–water partition coefficient (Wildman–Crippen LogP) is 4.15. The molecular formula is C20H23ClN2O2. The van der Waals surface area contributed by atoms with E-state index in [1.54, 1.807) is 7.11 Å². The van der Waals surface area contributed by atoms with Gasteiger partial charge in [0.15, 0.2) is 0 Å². The number of hydrogen-bond donors (Lipinski definition) is 0. The molecule has 5 heteroatoms. The molecule has 4 nitrogen and oxygen atoms in total. The van der Waals surface area contributed by atoms with Gasteiger partial charge in [0.1, 0.15) is 11.8 Å². The summed E-state index contributed by atoms with van der Waals surface area (Å²) in [6, 6.07) is 15.5. The van der Waals surface area contributed by atoms with Gasteiger partial charge in [0, 0.05) is 23.8 Å². The lowest BCUT2D eigenvalue weighted by molar-refractivity contribution is -0.130. The highest BCUT2D eigenvalue weighted by molar-refractivity contribution is 6.30. The second kappa shape index (κ2) is 7.36. The molecule has 0 saturated carbocycles. The molecule has 0 unspecified atom stereocenters. The number of nitrogens with zero attached hydrogens (tertiary/aromatic N) is 2. The van der Waals surface area contributed by atoms with Crippen LogP contribution in [0.2, 0.25) is 5.02 Å². The zero-order chi connectivity index (χ0) is 18.0. The number of rotatable bonds is 6. The minimum absolute atomic E-state index is 0.0405. The summed E-state index contributed by atoms with van der Waals surface area (Å²) in [6.45, 7) is 5.46. The Balaban J connectivity index is 1.91. The molecule has 0 bridgehead atoms. The summed E-state index contributed by atoms with van der Waals surface area (Å²) >= 11 is 6.02. The van der Waals surface area contributed by atoms with Gasteiger partial charge in [-0.2, -0.15) is 0 Å². The first-order valence-corrected chi connectivity index (χ1v) is 8.95. The number of carbonyl (C=O) groups excluding carboxylic acids is 1. The molecule has 0 radical (unpaired) electrons. The number of halogens is 1. The summed E-state index contributed by atoms with van der Waals surface area (Å²) < 4.78 is 5.23. The van der Waals surface area contributed by atoms with Crippen molar-refractivity contribution in [1.29, 1.82) is 0 Å². The maximum Gasteiger partial charge on any atom is 0.247 e. The molecule has 0 N–H and O–H groups in total. The van der Waals surface area contributed by atoms with E-state index < -0.39 is 0 Å². The average Bonchev–Trinajstić information content (AvgIpc) is 3.39. The Bertz CT molecular complexity index is 726. The molecule has 2 atom stereocenters. The molecule has 0 aliphatic carbocycles. The van der Waals surface area contributed by atoms with E-state index in [-0.39, 0.29) is 18.0 Å². The minimum Gasteiger partial charge on any atom is -0.497 e. The SMILES string of the molecule is CCN(CC)C(=O)[C@H]1[C@H](c2ccc(Cl)cc2)N1c1ccc(OC)cc1. The second-order valence-corrected chi connectivity index (χ2v) is 6.49. The topological polar surface area (TPSA) is 32.5 Å². The number of carbonyl (C=O) groups is 1. The third-order valence-corrected chi connectivity index (χ3v) is 4.97. The Labute approximate surface area is 154 Å². The van der Waals surface area contributed by atoms with E-state index in [2.05, 4.69) is 4.90 Å². The van der Waals surface area contributed by atoms with E-state index in [4.69, 9.17) is 16.3 Å². The van der Waals surface area contributed by atoms with E-state index in [1.807, 2.05) is 67.3 Å². The molecule has 2 aromatic rings. The zero-order valence-electron chi connectivity index (χ0n) is 14.8. The smallest absolute Gasteiger partial charge is 0.247 e. The Morgan fingerprint density at radius 1 is 1.08 bits per heavy atom. The fourth-order valence-electron chi connectivity index (χ4n) is 3.29. The fraction of sp³-hybridized carbons (Fsp3) is 0.350. The molecule has 1 fully saturated rings. The van der Waals surface area contributed by atoms with Crippen molar-refractivity contribution in [3.63, 3.8) is 0 Å². The van der Waals surface area contributed by atoms with Gasteiger partial charge in [0.25, 0.3) is 0 Å². The molecule has 1 heterocycles. The summed E-state index contributed by atoms with van der Waals surface area (Å²) in [7, 11) is 1.65. The van der Waals surface area contributed by atoms with Crippen LogP contribution in [-0.2, 0) is 4.79 Å². The van der Waals surface area contributed by atoms with Gasteiger partial charge in [0.2, 0.25) is 5.91 Å². The van der Waals surface area contributed by atoms with E-state index in [1.165, 1.54) is 0 Å². The normalized spacial score (nSPS) is 18.8. The highest BCUT2D eigenvalue weighted by atomic mass is 35.5. The Morgan fingerprint density at radius 2 is 1.68 bits per heavy atom. The van der Waals surface area contributed by atoms with Crippen LogP contribution in [0, 0.1) is 0 Å².